The Balaban J connectivity index is 3.42. The summed E-state index contributed by atoms with van der Waals surface area (Å²) in [6.07, 6.45) is -4.59. The Morgan fingerprint density at radius 1 is 1.33 bits per heavy atom. The van der Waals surface area contributed by atoms with E-state index in [9.17, 15) is 18.0 Å². The van der Waals surface area contributed by atoms with Crippen molar-refractivity contribution in [2.24, 2.45) is 11.6 Å². The fraction of sp³-hybridized carbons (Fsp3) is 0.125. The molecular formula is C8H8F3N3O. The Kier molecular flexibility index (Phi) is 2.85. The summed E-state index contributed by atoms with van der Waals surface area (Å²) in [4.78, 5) is 10.8. The van der Waals surface area contributed by atoms with Gasteiger partial charge in [0.25, 0.3) is 5.91 Å². The number of carbonyl (C=O) groups is 1. The minimum atomic E-state index is -4.59. The van der Waals surface area contributed by atoms with Crippen LogP contribution in [0.4, 0.5) is 18.9 Å². The maximum atomic E-state index is 12.4. The fourth-order valence-electron chi connectivity index (χ4n) is 1.15. The van der Waals surface area contributed by atoms with Crippen LogP contribution in [0.2, 0.25) is 0 Å². The molecule has 1 amide bonds. The minimum absolute atomic E-state index is 0.299. The highest BCUT2D eigenvalue weighted by molar-refractivity contribution is 5.99. The lowest BCUT2D eigenvalue weighted by Gasteiger charge is -2.14. The normalized spacial score (nSPS) is 11.2. The highest BCUT2D eigenvalue weighted by atomic mass is 19.4. The van der Waals surface area contributed by atoms with Crippen LogP contribution in [-0.4, -0.2) is 5.91 Å². The van der Waals surface area contributed by atoms with E-state index < -0.39 is 23.3 Å². The smallest absolute Gasteiger partial charge is 0.366 e. The van der Waals surface area contributed by atoms with Gasteiger partial charge < -0.3 is 11.2 Å². The van der Waals surface area contributed by atoms with E-state index in [4.69, 9.17) is 11.6 Å². The molecule has 0 radical (unpaired) electrons. The van der Waals surface area contributed by atoms with Gasteiger partial charge >= 0.3 is 6.18 Å². The zero-order chi connectivity index (χ0) is 11.6. The second-order valence-electron chi connectivity index (χ2n) is 2.73. The van der Waals surface area contributed by atoms with Crippen LogP contribution in [0.1, 0.15) is 15.9 Å². The summed E-state index contributed by atoms with van der Waals surface area (Å²) < 4.78 is 37.3. The zero-order valence-corrected chi connectivity index (χ0v) is 7.43. The number of nitrogen functional groups attached to an aromatic ring is 1. The molecule has 0 saturated heterocycles. The van der Waals surface area contributed by atoms with Crippen molar-refractivity contribution >= 4 is 11.6 Å². The lowest BCUT2D eigenvalue weighted by Crippen LogP contribution is -2.21. The monoisotopic (exact) mass is 219 g/mol. The maximum absolute atomic E-state index is 12.4. The van der Waals surface area contributed by atoms with Crippen molar-refractivity contribution in [3.05, 3.63) is 29.3 Å². The average Bonchev–Trinajstić information content (AvgIpc) is 2.15. The number of nitrogens with one attached hydrogen (secondary N) is 1. The molecule has 0 aromatic heterocycles. The van der Waals surface area contributed by atoms with E-state index in [2.05, 4.69) is 0 Å². The topological polar surface area (TPSA) is 81.1 Å². The molecule has 5 N–H and O–H groups in total. The van der Waals surface area contributed by atoms with Crippen LogP contribution in [-0.2, 0) is 6.18 Å². The first kappa shape index (κ1) is 11.3. The number of hydrazine groups is 1. The Hall–Kier alpha value is -1.76. The summed E-state index contributed by atoms with van der Waals surface area (Å²) in [5.74, 6) is 3.95. The van der Waals surface area contributed by atoms with Crippen LogP contribution < -0.4 is 17.0 Å². The van der Waals surface area contributed by atoms with Crippen molar-refractivity contribution in [2.75, 3.05) is 5.43 Å². The average molecular weight is 219 g/mol. The van der Waals surface area contributed by atoms with Gasteiger partial charge in [-0.2, -0.15) is 13.2 Å². The van der Waals surface area contributed by atoms with E-state index >= 15 is 0 Å². The third-order valence-corrected chi connectivity index (χ3v) is 1.78. The molecule has 1 aromatic rings. The first-order valence-electron chi connectivity index (χ1n) is 3.84. The largest absolute Gasteiger partial charge is 0.418 e. The molecular weight excluding hydrogens is 211 g/mol. The molecule has 4 nitrogen and oxygen atoms in total. The van der Waals surface area contributed by atoms with Crippen molar-refractivity contribution in [2.45, 2.75) is 6.18 Å². The van der Waals surface area contributed by atoms with E-state index in [1.165, 1.54) is 0 Å². The first-order chi connectivity index (χ1) is 6.88. The minimum Gasteiger partial charge on any atom is -0.366 e. The van der Waals surface area contributed by atoms with Gasteiger partial charge in [0.05, 0.1) is 16.8 Å². The van der Waals surface area contributed by atoms with Crippen LogP contribution in [0, 0.1) is 0 Å². The van der Waals surface area contributed by atoms with Crippen molar-refractivity contribution < 1.29 is 18.0 Å². The third-order valence-electron chi connectivity index (χ3n) is 1.78. The van der Waals surface area contributed by atoms with Gasteiger partial charge in [-0.1, -0.05) is 6.07 Å². The molecule has 0 saturated carbocycles. The van der Waals surface area contributed by atoms with Crippen LogP contribution in [0.5, 0.6) is 0 Å². The molecule has 0 bridgehead atoms. The van der Waals surface area contributed by atoms with Crippen LogP contribution >= 0.6 is 0 Å². The second-order valence-corrected chi connectivity index (χ2v) is 2.73. The van der Waals surface area contributed by atoms with Gasteiger partial charge in [-0.05, 0) is 12.1 Å². The maximum Gasteiger partial charge on any atom is 0.418 e. The lowest BCUT2D eigenvalue weighted by molar-refractivity contribution is -0.137. The summed E-state index contributed by atoms with van der Waals surface area (Å²) in [6, 6.07) is 3.05. The van der Waals surface area contributed by atoms with Gasteiger partial charge in [0.1, 0.15) is 0 Å². The SMILES string of the molecule is NNc1c(C(N)=O)cccc1C(F)(F)F. The highest BCUT2D eigenvalue weighted by Crippen LogP contribution is 2.35. The number of para-hydroxylation sites is 1. The number of hydrogen-bond donors (Lipinski definition) is 3. The molecule has 0 aliphatic heterocycles. The summed E-state index contributed by atoms with van der Waals surface area (Å²) >= 11 is 0. The molecule has 0 fully saturated rings. The molecule has 15 heavy (non-hydrogen) atoms. The van der Waals surface area contributed by atoms with Gasteiger partial charge in [-0.3, -0.25) is 10.6 Å². The number of halogens is 3. The molecule has 0 aliphatic carbocycles. The number of anilines is 1. The number of rotatable bonds is 2. The number of primary amides is 1. The van der Waals surface area contributed by atoms with Crippen molar-refractivity contribution in [3.63, 3.8) is 0 Å². The summed E-state index contributed by atoms with van der Waals surface area (Å²) in [5.41, 5.74) is 4.89. The number of benzene rings is 1. The van der Waals surface area contributed by atoms with Crippen molar-refractivity contribution in [1.82, 2.24) is 0 Å². The predicted octanol–water partition coefficient (Wildman–Crippen LogP) is 1.09. The number of amides is 1. The van der Waals surface area contributed by atoms with Crippen molar-refractivity contribution in [1.29, 1.82) is 0 Å². The first-order valence-corrected chi connectivity index (χ1v) is 3.84. The summed E-state index contributed by atoms with van der Waals surface area (Å²) in [6.45, 7) is 0. The predicted molar refractivity (Wildman–Crippen MR) is 47.8 cm³/mol. The zero-order valence-electron chi connectivity index (χ0n) is 7.43. The molecule has 0 spiro atoms. The van der Waals surface area contributed by atoms with E-state index in [0.29, 0.717) is 0 Å². The molecule has 1 aromatic carbocycles. The van der Waals surface area contributed by atoms with E-state index in [0.717, 1.165) is 18.2 Å². The van der Waals surface area contributed by atoms with Gasteiger partial charge in [0, 0.05) is 0 Å². The second kappa shape index (κ2) is 3.77. The highest BCUT2D eigenvalue weighted by Gasteiger charge is 2.34. The Bertz CT molecular complexity index is 389. The fourth-order valence-corrected chi connectivity index (χ4v) is 1.15. The number of carbonyl (C=O) groups excluding carboxylic acids is 1. The van der Waals surface area contributed by atoms with Crippen LogP contribution in [0.3, 0.4) is 0 Å². The van der Waals surface area contributed by atoms with Crippen LogP contribution in [0.25, 0.3) is 0 Å². The van der Waals surface area contributed by atoms with E-state index in [1.807, 2.05) is 5.43 Å². The lowest BCUT2D eigenvalue weighted by atomic mass is 10.1. The number of alkyl halides is 3. The van der Waals surface area contributed by atoms with Gasteiger partial charge in [0.2, 0.25) is 0 Å². The van der Waals surface area contributed by atoms with Gasteiger partial charge in [-0.15, -0.1) is 0 Å². The van der Waals surface area contributed by atoms with Gasteiger partial charge in [-0.25, -0.2) is 0 Å². The quantitative estimate of drug-likeness (QED) is 0.514. The van der Waals surface area contributed by atoms with Crippen LogP contribution in [0.15, 0.2) is 18.2 Å². The standard InChI is InChI=1S/C8H8F3N3O/c9-8(10,11)5-3-1-2-4(7(12)15)6(5)14-13/h1-3,14H,13H2,(H2,12,15). The Labute approximate surface area is 83.0 Å². The van der Waals surface area contributed by atoms with Crippen molar-refractivity contribution in [3.8, 4) is 0 Å². The molecule has 1 rings (SSSR count). The Morgan fingerprint density at radius 3 is 2.33 bits per heavy atom. The summed E-state index contributed by atoms with van der Waals surface area (Å²) in [7, 11) is 0. The van der Waals surface area contributed by atoms with E-state index in [-0.39, 0.29) is 5.56 Å². The Morgan fingerprint density at radius 2 is 1.93 bits per heavy atom. The van der Waals surface area contributed by atoms with Gasteiger partial charge in [0.15, 0.2) is 0 Å². The number of hydrogen-bond acceptors (Lipinski definition) is 3. The molecule has 82 valence electrons. The third kappa shape index (κ3) is 2.18. The number of nitrogens with two attached hydrogens (primary N) is 2. The summed E-state index contributed by atoms with van der Waals surface area (Å²) in [5, 5.41) is 0. The molecule has 0 atom stereocenters. The molecule has 0 aliphatic rings. The molecule has 7 heteroatoms. The van der Waals surface area contributed by atoms with E-state index in [1.54, 1.807) is 0 Å². The molecule has 0 heterocycles. The molecule has 0 unspecified atom stereocenters.